The van der Waals surface area contributed by atoms with Crippen molar-refractivity contribution >= 4 is 9.84 Å². The number of methoxy groups -OCH3 is 1. The van der Waals surface area contributed by atoms with Crippen LogP contribution >= 0.6 is 0 Å². The Labute approximate surface area is 154 Å². The Bertz CT molecular complexity index is 883. The SMILES string of the molecule is COc1ccc(O)c(CN2CCCC(c3ncccc3S(C)(=O)=O)C2)c1. The third kappa shape index (κ3) is 4.16. The van der Waals surface area contributed by atoms with Crippen molar-refractivity contribution in [2.24, 2.45) is 0 Å². The van der Waals surface area contributed by atoms with Gasteiger partial charge in [0.2, 0.25) is 0 Å². The lowest BCUT2D eigenvalue weighted by molar-refractivity contribution is 0.195. The Kier molecular flexibility index (Phi) is 5.48. The van der Waals surface area contributed by atoms with Gasteiger partial charge in [-0.05, 0) is 49.7 Å². The first-order chi connectivity index (χ1) is 12.4. The molecule has 2 heterocycles. The third-order valence-electron chi connectivity index (χ3n) is 4.77. The van der Waals surface area contributed by atoms with E-state index < -0.39 is 9.84 Å². The van der Waals surface area contributed by atoms with Gasteiger partial charge in [-0.25, -0.2) is 8.42 Å². The normalized spacial score (nSPS) is 18.6. The number of sulfone groups is 1. The number of pyridine rings is 1. The molecule has 0 radical (unpaired) electrons. The standard InChI is InChI=1S/C19H24N2O4S/c1-25-16-7-8-17(22)15(11-16)13-21-10-4-5-14(12-21)19-18(26(2,23)24)6-3-9-20-19/h3,6-9,11,14,22H,4-5,10,12-13H2,1-2H3. The highest BCUT2D eigenvalue weighted by atomic mass is 32.2. The van der Waals surface area contributed by atoms with Crippen molar-refractivity contribution in [3.63, 3.8) is 0 Å². The van der Waals surface area contributed by atoms with Gasteiger partial charge in [0.05, 0.1) is 17.7 Å². The first kappa shape index (κ1) is 18.7. The van der Waals surface area contributed by atoms with Crippen LogP contribution in [-0.2, 0) is 16.4 Å². The highest BCUT2D eigenvalue weighted by Gasteiger charge is 2.27. The summed E-state index contributed by atoms with van der Waals surface area (Å²) in [5, 5.41) is 10.1. The average molecular weight is 376 g/mol. The Hall–Kier alpha value is -2.12. The number of nitrogens with zero attached hydrogens (tertiary/aromatic N) is 2. The molecule has 1 N–H and O–H groups in total. The van der Waals surface area contributed by atoms with E-state index in [2.05, 4.69) is 9.88 Å². The van der Waals surface area contributed by atoms with E-state index in [9.17, 15) is 13.5 Å². The van der Waals surface area contributed by atoms with Gasteiger partial charge < -0.3 is 9.84 Å². The van der Waals surface area contributed by atoms with Gasteiger partial charge in [-0.15, -0.1) is 0 Å². The molecular formula is C19H24N2O4S. The number of rotatable bonds is 5. The van der Waals surface area contributed by atoms with Crippen molar-refractivity contribution in [1.29, 1.82) is 0 Å². The van der Waals surface area contributed by atoms with Crippen LogP contribution < -0.4 is 4.74 Å². The third-order valence-corrected chi connectivity index (χ3v) is 5.92. The molecule has 26 heavy (non-hydrogen) atoms. The van der Waals surface area contributed by atoms with Crippen LogP contribution in [-0.4, -0.2) is 49.9 Å². The fourth-order valence-corrected chi connectivity index (χ4v) is 4.43. The molecule has 0 amide bonds. The number of ether oxygens (including phenoxy) is 1. The van der Waals surface area contributed by atoms with Crippen LogP contribution in [0.25, 0.3) is 0 Å². The summed E-state index contributed by atoms with van der Waals surface area (Å²) in [4.78, 5) is 6.92. The number of phenolic OH excluding ortho intramolecular Hbond substituents is 1. The maximum absolute atomic E-state index is 12.1. The van der Waals surface area contributed by atoms with E-state index in [1.165, 1.54) is 6.26 Å². The predicted molar refractivity (Wildman–Crippen MR) is 99.3 cm³/mol. The van der Waals surface area contributed by atoms with Crippen LogP contribution in [0.1, 0.15) is 30.0 Å². The Morgan fingerprint density at radius 1 is 1.35 bits per heavy atom. The van der Waals surface area contributed by atoms with Crippen molar-refractivity contribution < 1.29 is 18.3 Å². The lowest BCUT2D eigenvalue weighted by Gasteiger charge is -2.33. The molecule has 1 aliphatic heterocycles. The molecule has 1 aromatic heterocycles. The Balaban J connectivity index is 1.81. The quantitative estimate of drug-likeness (QED) is 0.864. The van der Waals surface area contributed by atoms with Gasteiger partial charge >= 0.3 is 0 Å². The summed E-state index contributed by atoms with van der Waals surface area (Å²) in [6, 6.07) is 8.49. The Morgan fingerprint density at radius 2 is 2.15 bits per heavy atom. The van der Waals surface area contributed by atoms with Crippen molar-refractivity contribution in [3.05, 3.63) is 47.8 Å². The zero-order chi connectivity index (χ0) is 18.7. The molecule has 1 fully saturated rings. The molecule has 0 spiro atoms. The van der Waals surface area contributed by atoms with Crippen molar-refractivity contribution in [3.8, 4) is 11.5 Å². The number of likely N-dealkylation sites (tertiary alicyclic amines) is 1. The summed E-state index contributed by atoms with van der Waals surface area (Å²) in [5.41, 5.74) is 1.45. The molecule has 1 atom stereocenters. The minimum atomic E-state index is -3.31. The van der Waals surface area contributed by atoms with Gasteiger partial charge in [-0.1, -0.05) is 0 Å². The van der Waals surface area contributed by atoms with Crippen LogP contribution in [0.3, 0.4) is 0 Å². The lowest BCUT2D eigenvalue weighted by atomic mass is 9.94. The van der Waals surface area contributed by atoms with Gasteiger partial charge in [0, 0.05) is 37.0 Å². The predicted octanol–water partition coefficient (Wildman–Crippen LogP) is 2.58. The largest absolute Gasteiger partial charge is 0.508 e. The smallest absolute Gasteiger partial charge is 0.177 e. The summed E-state index contributed by atoms with van der Waals surface area (Å²) >= 11 is 0. The Morgan fingerprint density at radius 3 is 2.88 bits per heavy atom. The molecule has 3 rings (SSSR count). The molecule has 1 unspecified atom stereocenters. The van der Waals surface area contributed by atoms with Crippen LogP contribution in [0.4, 0.5) is 0 Å². The van der Waals surface area contributed by atoms with E-state index in [1.807, 2.05) is 6.07 Å². The van der Waals surface area contributed by atoms with Gasteiger partial charge in [0.1, 0.15) is 11.5 Å². The number of aromatic hydroxyl groups is 1. The van der Waals surface area contributed by atoms with E-state index in [-0.39, 0.29) is 11.7 Å². The number of piperidine rings is 1. The molecule has 0 saturated carbocycles. The summed E-state index contributed by atoms with van der Waals surface area (Å²) in [6.45, 7) is 2.19. The molecule has 1 aromatic carbocycles. The number of hydrogen-bond donors (Lipinski definition) is 1. The van der Waals surface area contributed by atoms with Gasteiger partial charge in [0.25, 0.3) is 0 Å². The van der Waals surface area contributed by atoms with E-state index in [0.29, 0.717) is 29.4 Å². The monoisotopic (exact) mass is 376 g/mol. The summed E-state index contributed by atoms with van der Waals surface area (Å²) in [5.74, 6) is 1.00. The fourth-order valence-electron chi connectivity index (χ4n) is 3.50. The highest BCUT2D eigenvalue weighted by molar-refractivity contribution is 7.90. The molecule has 0 bridgehead atoms. The lowest BCUT2D eigenvalue weighted by Crippen LogP contribution is -2.34. The second-order valence-corrected chi connectivity index (χ2v) is 8.71. The minimum Gasteiger partial charge on any atom is -0.508 e. The molecule has 2 aromatic rings. The second-order valence-electron chi connectivity index (χ2n) is 6.73. The van der Waals surface area contributed by atoms with Crippen molar-refractivity contribution in [2.45, 2.75) is 30.2 Å². The summed E-state index contributed by atoms with van der Waals surface area (Å²) < 4.78 is 29.4. The van der Waals surface area contributed by atoms with Gasteiger partial charge in [-0.3, -0.25) is 9.88 Å². The minimum absolute atomic E-state index is 0.0578. The van der Waals surface area contributed by atoms with Gasteiger partial charge in [0.15, 0.2) is 9.84 Å². The molecule has 140 valence electrons. The maximum atomic E-state index is 12.1. The fraction of sp³-hybridized carbons (Fsp3) is 0.421. The topological polar surface area (TPSA) is 79.7 Å². The number of hydrogen-bond acceptors (Lipinski definition) is 6. The first-order valence-electron chi connectivity index (χ1n) is 8.61. The summed E-state index contributed by atoms with van der Waals surface area (Å²) in [7, 11) is -1.71. The van der Waals surface area contributed by atoms with E-state index in [4.69, 9.17) is 4.74 Å². The maximum Gasteiger partial charge on any atom is 0.177 e. The van der Waals surface area contributed by atoms with Crippen molar-refractivity contribution in [2.75, 3.05) is 26.5 Å². The van der Waals surface area contributed by atoms with E-state index in [0.717, 1.165) is 24.9 Å². The molecule has 1 aliphatic rings. The van der Waals surface area contributed by atoms with Crippen LogP contribution in [0.15, 0.2) is 41.4 Å². The van der Waals surface area contributed by atoms with Crippen LogP contribution in [0.2, 0.25) is 0 Å². The molecular weight excluding hydrogens is 352 g/mol. The average Bonchev–Trinajstić information content (AvgIpc) is 2.63. The summed E-state index contributed by atoms with van der Waals surface area (Å²) in [6.07, 6.45) is 4.73. The molecule has 1 saturated heterocycles. The van der Waals surface area contributed by atoms with Crippen LogP contribution in [0, 0.1) is 0 Å². The zero-order valence-corrected chi connectivity index (χ0v) is 15.9. The zero-order valence-electron chi connectivity index (χ0n) is 15.1. The van der Waals surface area contributed by atoms with E-state index in [1.54, 1.807) is 37.6 Å². The number of aromatic nitrogens is 1. The van der Waals surface area contributed by atoms with Crippen molar-refractivity contribution in [1.82, 2.24) is 9.88 Å². The first-order valence-corrected chi connectivity index (χ1v) is 10.5. The highest BCUT2D eigenvalue weighted by Crippen LogP contribution is 2.32. The molecule has 0 aliphatic carbocycles. The number of phenols is 1. The second kappa shape index (κ2) is 7.63. The molecule has 6 nitrogen and oxygen atoms in total. The number of benzene rings is 1. The van der Waals surface area contributed by atoms with Gasteiger partial charge in [-0.2, -0.15) is 0 Å². The van der Waals surface area contributed by atoms with E-state index >= 15 is 0 Å². The van der Waals surface area contributed by atoms with Crippen LogP contribution in [0.5, 0.6) is 11.5 Å². The molecule has 7 heteroatoms.